The molecule has 0 aliphatic carbocycles. The Morgan fingerprint density at radius 3 is 2.64 bits per heavy atom. The Morgan fingerprint density at radius 1 is 0.955 bits per heavy atom. The van der Waals surface area contributed by atoms with E-state index < -0.39 is 0 Å². The van der Waals surface area contributed by atoms with E-state index in [1.54, 1.807) is 36.8 Å². The molecule has 0 saturated heterocycles. The number of hydrogen-bond acceptors (Lipinski definition) is 4. The first-order valence-corrected chi connectivity index (χ1v) is 7.63. The van der Waals surface area contributed by atoms with Crippen molar-refractivity contribution in [2.24, 2.45) is 0 Å². The zero-order valence-corrected chi connectivity index (χ0v) is 13.3. The first-order chi connectivity index (χ1) is 10.8. The Labute approximate surface area is 138 Å². The highest BCUT2D eigenvalue weighted by Crippen LogP contribution is 2.32. The smallest absolute Gasteiger partial charge is 0.132 e. The minimum Gasteiger partial charge on any atom is -0.254 e. The van der Waals surface area contributed by atoms with Gasteiger partial charge in [0.05, 0.1) is 17.4 Å². The Kier molecular flexibility index (Phi) is 3.18. The van der Waals surface area contributed by atoms with Gasteiger partial charge in [0.1, 0.15) is 11.3 Å². The molecule has 106 valence electrons. The van der Waals surface area contributed by atoms with Crippen LogP contribution in [0, 0.1) is 9.39 Å². The van der Waals surface area contributed by atoms with E-state index in [1.807, 2.05) is 6.07 Å². The lowest BCUT2D eigenvalue weighted by Gasteiger charge is -2.04. The van der Waals surface area contributed by atoms with Crippen LogP contribution in [-0.2, 0) is 0 Å². The number of fused-ring (bicyclic) bond motifs is 3. The summed E-state index contributed by atoms with van der Waals surface area (Å²) in [6, 6.07) is 8.53. The van der Waals surface area contributed by atoms with Crippen LogP contribution >= 0.6 is 22.6 Å². The fourth-order valence-corrected chi connectivity index (χ4v) is 3.20. The Hall–Kier alpha value is -2.22. The molecule has 0 atom stereocenters. The van der Waals surface area contributed by atoms with E-state index in [4.69, 9.17) is 0 Å². The Bertz CT molecular complexity index is 1020. The molecule has 0 aliphatic heterocycles. The molecule has 0 radical (unpaired) electrons. The van der Waals surface area contributed by atoms with Crippen molar-refractivity contribution >= 4 is 44.4 Å². The molecular formula is C16H8FIN4. The van der Waals surface area contributed by atoms with Gasteiger partial charge in [0, 0.05) is 32.3 Å². The predicted octanol–water partition coefficient (Wildman–Crippen LogP) is 3.98. The van der Waals surface area contributed by atoms with E-state index in [-0.39, 0.29) is 5.82 Å². The number of rotatable bonds is 1. The topological polar surface area (TPSA) is 51.6 Å². The van der Waals surface area contributed by atoms with Crippen molar-refractivity contribution < 1.29 is 4.39 Å². The summed E-state index contributed by atoms with van der Waals surface area (Å²) in [6.07, 6.45) is 4.86. The van der Waals surface area contributed by atoms with Crippen molar-refractivity contribution in [1.29, 1.82) is 0 Å². The quantitative estimate of drug-likeness (QED) is 0.452. The molecule has 0 spiro atoms. The molecule has 0 amide bonds. The molecule has 2 aromatic carbocycles. The SMILES string of the molecule is Fc1ccccc1-c1nccnc2c1cc(I)c1nncc12. The summed E-state index contributed by atoms with van der Waals surface area (Å²) >= 11 is 2.20. The van der Waals surface area contributed by atoms with Crippen molar-refractivity contribution in [3.63, 3.8) is 0 Å². The van der Waals surface area contributed by atoms with Gasteiger partial charge >= 0.3 is 0 Å². The van der Waals surface area contributed by atoms with E-state index in [0.717, 1.165) is 25.4 Å². The van der Waals surface area contributed by atoms with Crippen LogP contribution in [0.25, 0.3) is 33.1 Å². The van der Waals surface area contributed by atoms with E-state index in [9.17, 15) is 4.39 Å². The third-order valence-corrected chi connectivity index (χ3v) is 4.29. The summed E-state index contributed by atoms with van der Waals surface area (Å²) in [4.78, 5) is 8.82. The van der Waals surface area contributed by atoms with Crippen LogP contribution in [-0.4, -0.2) is 20.2 Å². The fraction of sp³-hybridized carbons (Fsp3) is 0. The van der Waals surface area contributed by atoms with Gasteiger partial charge in [0.25, 0.3) is 0 Å². The molecule has 2 aromatic heterocycles. The molecule has 0 unspecified atom stereocenters. The standard InChI is InChI=1S/C16H8FIN4/c17-12-4-2-1-3-9(12)14-10-7-13(18)16-11(8-21-22-16)15(10)20-6-5-19-14/h1-8H. The summed E-state index contributed by atoms with van der Waals surface area (Å²) in [5.74, 6) is -0.309. The first kappa shape index (κ1) is 13.4. The van der Waals surface area contributed by atoms with Crippen molar-refractivity contribution in [3.8, 4) is 11.3 Å². The zero-order chi connectivity index (χ0) is 15.1. The second-order valence-electron chi connectivity index (χ2n) is 4.75. The fourth-order valence-electron chi connectivity index (χ4n) is 2.49. The van der Waals surface area contributed by atoms with Gasteiger partial charge in [-0.05, 0) is 40.8 Å². The number of nitrogens with zero attached hydrogens (tertiary/aromatic N) is 4. The number of benzene rings is 2. The molecule has 0 saturated carbocycles. The van der Waals surface area contributed by atoms with Crippen molar-refractivity contribution in [3.05, 3.63) is 58.3 Å². The minimum atomic E-state index is -0.309. The first-order valence-electron chi connectivity index (χ1n) is 6.55. The van der Waals surface area contributed by atoms with Crippen molar-refractivity contribution in [1.82, 2.24) is 20.2 Å². The summed E-state index contributed by atoms with van der Waals surface area (Å²) in [5, 5.41) is 9.70. The average Bonchev–Trinajstić information content (AvgIpc) is 2.92. The highest BCUT2D eigenvalue weighted by Gasteiger charge is 2.14. The van der Waals surface area contributed by atoms with Gasteiger partial charge < -0.3 is 0 Å². The molecule has 4 aromatic rings. The summed E-state index contributed by atoms with van der Waals surface area (Å²) in [5.41, 5.74) is 2.53. The van der Waals surface area contributed by atoms with Crippen LogP contribution in [0.4, 0.5) is 4.39 Å². The maximum Gasteiger partial charge on any atom is 0.132 e. The molecule has 4 nitrogen and oxygen atoms in total. The van der Waals surface area contributed by atoms with Crippen LogP contribution in [0.5, 0.6) is 0 Å². The second kappa shape index (κ2) is 5.20. The van der Waals surface area contributed by atoms with E-state index >= 15 is 0 Å². The Morgan fingerprint density at radius 2 is 1.77 bits per heavy atom. The monoisotopic (exact) mass is 402 g/mol. The lowest BCUT2D eigenvalue weighted by Crippen LogP contribution is -1.88. The molecule has 22 heavy (non-hydrogen) atoms. The molecule has 4 rings (SSSR count). The van der Waals surface area contributed by atoms with Gasteiger partial charge in [-0.2, -0.15) is 5.10 Å². The third-order valence-electron chi connectivity index (χ3n) is 3.47. The zero-order valence-electron chi connectivity index (χ0n) is 11.2. The van der Waals surface area contributed by atoms with Gasteiger partial charge in [0.2, 0.25) is 0 Å². The predicted molar refractivity (Wildman–Crippen MR) is 90.7 cm³/mol. The van der Waals surface area contributed by atoms with E-state index in [1.165, 1.54) is 6.07 Å². The molecule has 2 heterocycles. The maximum atomic E-state index is 14.2. The Balaban J connectivity index is 2.21. The summed E-state index contributed by atoms with van der Waals surface area (Å²) in [7, 11) is 0. The van der Waals surface area contributed by atoms with E-state index in [0.29, 0.717) is 11.3 Å². The van der Waals surface area contributed by atoms with Gasteiger partial charge in [-0.1, -0.05) is 12.1 Å². The van der Waals surface area contributed by atoms with Crippen molar-refractivity contribution in [2.45, 2.75) is 0 Å². The minimum absolute atomic E-state index is 0.309. The molecular weight excluding hydrogens is 394 g/mol. The van der Waals surface area contributed by atoms with Crippen molar-refractivity contribution in [2.75, 3.05) is 0 Å². The normalized spacial score (nSPS) is 11.2. The van der Waals surface area contributed by atoms with E-state index in [2.05, 4.69) is 42.8 Å². The maximum absolute atomic E-state index is 14.2. The molecule has 0 fully saturated rings. The van der Waals surface area contributed by atoms with Crippen LogP contribution in [0.1, 0.15) is 0 Å². The number of hydrogen-bond donors (Lipinski definition) is 0. The number of halogens is 2. The summed E-state index contributed by atoms with van der Waals surface area (Å²) in [6.45, 7) is 0. The van der Waals surface area contributed by atoms with Gasteiger partial charge in [0.15, 0.2) is 0 Å². The molecule has 0 N–H and O–H groups in total. The number of aromatic nitrogens is 4. The van der Waals surface area contributed by atoms with Gasteiger partial charge in [-0.3, -0.25) is 9.97 Å². The molecule has 0 bridgehead atoms. The highest BCUT2D eigenvalue weighted by molar-refractivity contribution is 14.1. The third kappa shape index (κ3) is 2.02. The second-order valence-corrected chi connectivity index (χ2v) is 5.91. The van der Waals surface area contributed by atoms with Gasteiger partial charge in [-0.15, -0.1) is 5.10 Å². The summed E-state index contributed by atoms with van der Waals surface area (Å²) < 4.78 is 15.1. The molecule has 6 heteroatoms. The van der Waals surface area contributed by atoms with Crippen LogP contribution in [0.15, 0.2) is 48.9 Å². The van der Waals surface area contributed by atoms with Gasteiger partial charge in [-0.25, -0.2) is 4.39 Å². The van der Waals surface area contributed by atoms with Crippen LogP contribution in [0.3, 0.4) is 0 Å². The largest absolute Gasteiger partial charge is 0.254 e. The van der Waals surface area contributed by atoms with Crippen LogP contribution < -0.4 is 0 Å². The lowest BCUT2D eigenvalue weighted by molar-refractivity contribution is 0.631. The molecule has 0 aliphatic rings. The highest BCUT2D eigenvalue weighted by atomic mass is 127. The lowest BCUT2D eigenvalue weighted by atomic mass is 10.1. The average molecular weight is 402 g/mol. The van der Waals surface area contributed by atoms with Crippen LogP contribution in [0.2, 0.25) is 0 Å².